The van der Waals surface area contributed by atoms with Gasteiger partial charge in [-0.2, -0.15) is 13.2 Å². The SMILES string of the molecule is CCN(C[C@@H](O)C(F)(F)F)C(=O)Nc1cnc(Oc2ccc(F)cc2F)cn1. The number of nitrogens with zero attached hydrogens (tertiary/aromatic N) is 3. The Bertz CT molecular complexity index is 817. The number of benzene rings is 1. The first-order chi connectivity index (χ1) is 13.1. The normalized spacial score (nSPS) is 12.4. The van der Waals surface area contributed by atoms with E-state index in [1.54, 1.807) is 0 Å². The highest BCUT2D eigenvalue weighted by Gasteiger charge is 2.39. The lowest BCUT2D eigenvalue weighted by atomic mass is 10.3. The molecule has 2 N–H and O–H groups in total. The van der Waals surface area contributed by atoms with Crippen LogP contribution in [0.25, 0.3) is 0 Å². The summed E-state index contributed by atoms with van der Waals surface area (Å²) >= 11 is 0. The number of amides is 2. The molecule has 0 saturated carbocycles. The molecule has 0 fully saturated rings. The molecule has 1 atom stereocenters. The standard InChI is InChI=1S/C16H15F5N4O3/c1-2-25(8-12(26)16(19,20)21)15(27)24-13-6-23-14(7-22-13)28-11-4-3-9(17)5-10(11)18/h3-7,12,26H,2,8H2,1H3,(H,22,24,27)/t12-/m1/s1. The van der Waals surface area contributed by atoms with E-state index < -0.39 is 36.5 Å². The molecule has 0 aliphatic rings. The Balaban J connectivity index is 1.99. The van der Waals surface area contributed by atoms with E-state index in [9.17, 15) is 26.7 Å². The van der Waals surface area contributed by atoms with E-state index in [0.717, 1.165) is 29.4 Å². The van der Waals surface area contributed by atoms with Crippen molar-refractivity contribution in [3.05, 3.63) is 42.2 Å². The molecule has 152 valence electrons. The molecule has 1 heterocycles. The third kappa shape index (κ3) is 5.74. The van der Waals surface area contributed by atoms with Gasteiger partial charge in [-0.05, 0) is 19.1 Å². The molecule has 1 aromatic heterocycles. The smallest absolute Gasteiger partial charge is 0.416 e. The van der Waals surface area contributed by atoms with Gasteiger partial charge in [-0.15, -0.1) is 0 Å². The first kappa shape index (κ1) is 21.3. The summed E-state index contributed by atoms with van der Waals surface area (Å²) in [5.74, 6) is -2.32. The van der Waals surface area contributed by atoms with Crippen molar-refractivity contribution in [1.82, 2.24) is 14.9 Å². The average Bonchev–Trinajstić information content (AvgIpc) is 2.62. The maximum atomic E-state index is 13.5. The number of hydrogen-bond donors (Lipinski definition) is 2. The van der Waals surface area contributed by atoms with E-state index in [-0.39, 0.29) is 24.0 Å². The first-order valence-electron chi connectivity index (χ1n) is 7.85. The lowest BCUT2D eigenvalue weighted by Gasteiger charge is -2.25. The van der Waals surface area contributed by atoms with Gasteiger partial charge in [0.25, 0.3) is 0 Å². The lowest BCUT2D eigenvalue weighted by molar-refractivity contribution is -0.206. The van der Waals surface area contributed by atoms with Crippen molar-refractivity contribution >= 4 is 11.8 Å². The van der Waals surface area contributed by atoms with Gasteiger partial charge < -0.3 is 14.7 Å². The second-order valence-corrected chi connectivity index (χ2v) is 5.44. The van der Waals surface area contributed by atoms with Gasteiger partial charge in [0.15, 0.2) is 23.5 Å². The van der Waals surface area contributed by atoms with Crippen LogP contribution < -0.4 is 10.1 Å². The van der Waals surface area contributed by atoms with E-state index in [0.29, 0.717) is 6.07 Å². The van der Waals surface area contributed by atoms with Crippen LogP contribution in [-0.2, 0) is 0 Å². The molecule has 12 heteroatoms. The topological polar surface area (TPSA) is 87.6 Å². The maximum absolute atomic E-state index is 13.5. The highest BCUT2D eigenvalue weighted by atomic mass is 19.4. The molecular formula is C16H15F5N4O3. The van der Waals surface area contributed by atoms with Gasteiger partial charge in [-0.1, -0.05) is 0 Å². The number of likely N-dealkylation sites (N-methyl/N-ethyl adjacent to an activating group) is 1. The molecule has 2 amide bonds. The quantitative estimate of drug-likeness (QED) is 0.719. The van der Waals surface area contributed by atoms with E-state index >= 15 is 0 Å². The number of anilines is 1. The number of nitrogens with one attached hydrogen (secondary N) is 1. The third-order valence-electron chi connectivity index (χ3n) is 3.41. The van der Waals surface area contributed by atoms with Crippen LogP contribution in [0.5, 0.6) is 11.6 Å². The molecule has 2 rings (SSSR count). The zero-order chi connectivity index (χ0) is 20.9. The highest BCUT2D eigenvalue weighted by Crippen LogP contribution is 2.24. The maximum Gasteiger partial charge on any atom is 0.416 e. The van der Waals surface area contributed by atoms with Crippen LogP contribution >= 0.6 is 0 Å². The number of urea groups is 1. The number of halogens is 5. The number of aliphatic hydroxyl groups excluding tert-OH is 1. The summed E-state index contributed by atoms with van der Waals surface area (Å²) in [6.07, 6.45) is -5.49. The number of carbonyl (C=O) groups excluding carboxylic acids is 1. The predicted octanol–water partition coefficient (Wildman–Crippen LogP) is 3.32. The van der Waals surface area contributed by atoms with Gasteiger partial charge in [0.2, 0.25) is 5.88 Å². The van der Waals surface area contributed by atoms with E-state index in [1.807, 2.05) is 0 Å². The Hall–Kier alpha value is -3.02. The molecular weight excluding hydrogens is 391 g/mol. The molecule has 0 aliphatic heterocycles. The summed E-state index contributed by atoms with van der Waals surface area (Å²) in [6.45, 7) is 0.379. The van der Waals surface area contributed by atoms with Crippen molar-refractivity contribution in [2.75, 3.05) is 18.4 Å². The number of aromatic nitrogens is 2. The zero-order valence-electron chi connectivity index (χ0n) is 14.4. The molecule has 0 saturated heterocycles. The van der Waals surface area contributed by atoms with E-state index in [4.69, 9.17) is 9.84 Å². The minimum atomic E-state index is -4.86. The van der Waals surface area contributed by atoms with Crippen LogP contribution in [-0.4, -0.2) is 51.4 Å². The summed E-state index contributed by atoms with van der Waals surface area (Å²) in [4.78, 5) is 20.3. The van der Waals surface area contributed by atoms with Gasteiger partial charge in [-0.25, -0.2) is 23.5 Å². The number of carbonyl (C=O) groups is 1. The van der Waals surface area contributed by atoms with E-state index in [1.165, 1.54) is 6.92 Å². The largest absolute Gasteiger partial charge is 0.434 e. The third-order valence-corrected chi connectivity index (χ3v) is 3.41. The average molecular weight is 406 g/mol. The molecule has 0 spiro atoms. The second-order valence-electron chi connectivity index (χ2n) is 5.44. The molecule has 0 aliphatic carbocycles. The molecule has 0 unspecified atom stereocenters. The Morgan fingerprint density at radius 3 is 2.54 bits per heavy atom. The van der Waals surface area contributed by atoms with Gasteiger partial charge in [0, 0.05) is 12.6 Å². The summed E-state index contributed by atoms with van der Waals surface area (Å²) in [5.41, 5.74) is 0. The fourth-order valence-electron chi connectivity index (χ4n) is 1.96. The van der Waals surface area contributed by atoms with Gasteiger partial charge in [0.1, 0.15) is 5.82 Å². The minimum Gasteiger partial charge on any atom is -0.434 e. The van der Waals surface area contributed by atoms with Crippen molar-refractivity contribution < 1.29 is 36.6 Å². The Morgan fingerprint density at radius 2 is 2.00 bits per heavy atom. The van der Waals surface area contributed by atoms with Crippen LogP contribution in [0.1, 0.15) is 6.92 Å². The van der Waals surface area contributed by atoms with Gasteiger partial charge in [0.05, 0.1) is 18.9 Å². The molecule has 7 nitrogen and oxygen atoms in total. The fraction of sp³-hybridized carbons (Fsp3) is 0.312. The summed E-state index contributed by atoms with van der Waals surface area (Å²) < 4.78 is 68.7. The minimum absolute atomic E-state index is 0.0998. The van der Waals surface area contributed by atoms with E-state index in [2.05, 4.69) is 15.3 Å². The number of hydrogen-bond acceptors (Lipinski definition) is 5. The Labute approximate surface area is 155 Å². The summed E-state index contributed by atoms with van der Waals surface area (Å²) in [5, 5.41) is 11.3. The molecule has 1 aromatic carbocycles. The van der Waals surface area contributed by atoms with Crippen molar-refractivity contribution in [2.24, 2.45) is 0 Å². The number of ether oxygens (including phenoxy) is 1. The van der Waals surface area contributed by atoms with Crippen molar-refractivity contribution in [1.29, 1.82) is 0 Å². The predicted molar refractivity (Wildman–Crippen MR) is 86.8 cm³/mol. The van der Waals surface area contributed by atoms with Gasteiger partial charge in [-0.3, -0.25) is 5.32 Å². The second kappa shape index (κ2) is 8.78. The van der Waals surface area contributed by atoms with Crippen LogP contribution in [0.2, 0.25) is 0 Å². The molecule has 2 aromatic rings. The number of rotatable bonds is 6. The monoisotopic (exact) mass is 406 g/mol. The molecule has 28 heavy (non-hydrogen) atoms. The molecule has 0 radical (unpaired) electrons. The Kier molecular flexibility index (Phi) is 6.67. The van der Waals surface area contributed by atoms with Gasteiger partial charge >= 0.3 is 12.2 Å². The summed E-state index contributed by atoms with van der Waals surface area (Å²) in [7, 11) is 0. The number of aliphatic hydroxyl groups is 1. The Morgan fingerprint density at radius 1 is 1.29 bits per heavy atom. The van der Waals surface area contributed by atoms with Crippen molar-refractivity contribution in [2.45, 2.75) is 19.2 Å². The van der Waals surface area contributed by atoms with Crippen LogP contribution in [0.4, 0.5) is 32.6 Å². The molecule has 0 bridgehead atoms. The highest BCUT2D eigenvalue weighted by molar-refractivity contribution is 5.88. The van der Waals surface area contributed by atoms with Crippen molar-refractivity contribution in [3.63, 3.8) is 0 Å². The lowest BCUT2D eigenvalue weighted by Crippen LogP contribution is -2.45. The van der Waals surface area contributed by atoms with Crippen molar-refractivity contribution in [3.8, 4) is 11.6 Å². The van der Waals surface area contributed by atoms with Crippen LogP contribution in [0, 0.1) is 11.6 Å². The fourth-order valence-corrected chi connectivity index (χ4v) is 1.96. The van der Waals surface area contributed by atoms with Crippen LogP contribution in [0.15, 0.2) is 30.6 Å². The first-order valence-corrected chi connectivity index (χ1v) is 7.85. The zero-order valence-corrected chi connectivity index (χ0v) is 14.4. The van der Waals surface area contributed by atoms with Crippen LogP contribution in [0.3, 0.4) is 0 Å². The number of alkyl halides is 3. The summed E-state index contributed by atoms with van der Waals surface area (Å²) in [6, 6.07) is 1.72.